The molecule has 7 heteroatoms. The van der Waals surface area contributed by atoms with Crippen molar-refractivity contribution < 1.29 is 9.53 Å². The van der Waals surface area contributed by atoms with Crippen molar-refractivity contribution in [3.8, 4) is 0 Å². The second-order valence-corrected chi connectivity index (χ2v) is 5.79. The highest BCUT2D eigenvalue weighted by molar-refractivity contribution is 7.15. The van der Waals surface area contributed by atoms with Crippen LogP contribution in [0.3, 0.4) is 0 Å². The van der Waals surface area contributed by atoms with E-state index in [1.807, 2.05) is 16.0 Å². The van der Waals surface area contributed by atoms with Gasteiger partial charge in [0.1, 0.15) is 0 Å². The van der Waals surface area contributed by atoms with E-state index in [1.165, 1.54) is 17.4 Å². The fourth-order valence-corrected chi connectivity index (χ4v) is 3.16. The molecule has 1 N–H and O–H groups in total. The average Bonchev–Trinajstić information content (AvgIpc) is 3.11. The zero-order chi connectivity index (χ0) is 13.9. The van der Waals surface area contributed by atoms with Gasteiger partial charge in [-0.15, -0.1) is 11.3 Å². The van der Waals surface area contributed by atoms with E-state index in [1.54, 1.807) is 6.08 Å². The Labute approximate surface area is 125 Å². The Balaban J connectivity index is 1.62. The molecule has 1 aliphatic heterocycles. The van der Waals surface area contributed by atoms with Crippen molar-refractivity contribution in [2.75, 3.05) is 13.2 Å². The van der Waals surface area contributed by atoms with E-state index in [4.69, 9.17) is 16.3 Å². The highest BCUT2D eigenvalue weighted by Gasteiger charge is 2.15. The van der Waals surface area contributed by atoms with Crippen LogP contribution >= 0.6 is 22.9 Å². The molecule has 1 atom stereocenters. The van der Waals surface area contributed by atoms with Gasteiger partial charge < -0.3 is 10.1 Å². The molecule has 0 bridgehead atoms. The minimum absolute atomic E-state index is 0.148. The predicted molar refractivity (Wildman–Crippen MR) is 79.1 cm³/mol. The molecule has 1 saturated heterocycles. The molecule has 1 fully saturated rings. The molecule has 5 nitrogen and oxygen atoms in total. The van der Waals surface area contributed by atoms with Gasteiger partial charge in [0.25, 0.3) is 0 Å². The molecule has 0 radical (unpaired) electrons. The first-order chi connectivity index (χ1) is 9.74. The lowest BCUT2D eigenvalue weighted by Crippen LogP contribution is -2.30. The number of aromatic nitrogens is 2. The van der Waals surface area contributed by atoms with Gasteiger partial charge in [0.15, 0.2) is 10.1 Å². The van der Waals surface area contributed by atoms with Gasteiger partial charge in [0.05, 0.1) is 11.8 Å². The summed E-state index contributed by atoms with van der Waals surface area (Å²) in [5.74, 6) is -0.151. The van der Waals surface area contributed by atoms with Crippen molar-refractivity contribution in [1.82, 2.24) is 14.7 Å². The Hall–Kier alpha value is -1.37. The largest absolute Gasteiger partial charge is 0.376 e. The number of imidazole rings is 1. The molecule has 0 saturated carbocycles. The third-order valence-electron chi connectivity index (χ3n) is 3.17. The van der Waals surface area contributed by atoms with Crippen LogP contribution in [0.15, 0.2) is 17.7 Å². The van der Waals surface area contributed by atoms with Gasteiger partial charge in [-0.05, 0) is 18.9 Å². The molecule has 3 rings (SSSR count). The number of thiazole rings is 1. The molecule has 3 heterocycles. The number of hydrogen-bond acceptors (Lipinski definition) is 4. The lowest BCUT2D eigenvalue weighted by atomic mass is 10.2. The van der Waals surface area contributed by atoms with Crippen LogP contribution < -0.4 is 5.32 Å². The van der Waals surface area contributed by atoms with E-state index in [0.29, 0.717) is 11.7 Å². The molecule has 1 amide bonds. The van der Waals surface area contributed by atoms with Gasteiger partial charge in [-0.2, -0.15) is 0 Å². The van der Waals surface area contributed by atoms with Gasteiger partial charge in [-0.1, -0.05) is 11.6 Å². The van der Waals surface area contributed by atoms with Crippen LogP contribution in [0.4, 0.5) is 0 Å². The molecule has 0 aliphatic carbocycles. The second-order valence-electron chi connectivity index (χ2n) is 4.56. The van der Waals surface area contributed by atoms with E-state index >= 15 is 0 Å². The summed E-state index contributed by atoms with van der Waals surface area (Å²) >= 11 is 7.54. The van der Waals surface area contributed by atoms with Crippen molar-refractivity contribution in [3.05, 3.63) is 28.5 Å². The molecular formula is C13H14ClN3O2S. The van der Waals surface area contributed by atoms with Crippen LogP contribution in [0.2, 0.25) is 5.15 Å². The summed E-state index contributed by atoms with van der Waals surface area (Å²) in [7, 11) is 0. The van der Waals surface area contributed by atoms with Crippen LogP contribution in [-0.4, -0.2) is 34.5 Å². The summed E-state index contributed by atoms with van der Waals surface area (Å²) in [4.78, 5) is 16.8. The van der Waals surface area contributed by atoms with Crippen molar-refractivity contribution in [3.63, 3.8) is 0 Å². The second kappa shape index (κ2) is 5.95. The summed E-state index contributed by atoms with van der Waals surface area (Å²) in [6.07, 6.45) is 7.26. The SMILES string of the molecule is O=C(C=Cc1c(Cl)nc2sccn12)NCC1CCCO1. The number of carbonyl (C=O) groups excluding carboxylic acids is 1. The number of nitrogens with zero attached hydrogens (tertiary/aromatic N) is 2. The highest BCUT2D eigenvalue weighted by Crippen LogP contribution is 2.22. The van der Waals surface area contributed by atoms with E-state index in [-0.39, 0.29) is 12.0 Å². The Morgan fingerprint density at radius 1 is 1.70 bits per heavy atom. The maximum atomic E-state index is 11.8. The summed E-state index contributed by atoms with van der Waals surface area (Å²) in [6.45, 7) is 1.34. The highest BCUT2D eigenvalue weighted by atomic mass is 35.5. The number of halogens is 1. The van der Waals surface area contributed by atoms with E-state index < -0.39 is 0 Å². The zero-order valence-electron chi connectivity index (χ0n) is 10.7. The third kappa shape index (κ3) is 2.87. The van der Waals surface area contributed by atoms with Crippen molar-refractivity contribution >= 4 is 39.9 Å². The van der Waals surface area contributed by atoms with Crippen LogP contribution in [0.25, 0.3) is 11.0 Å². The molecule has 2 aromatic rings. The van der Waals surface area contributed by atoms with Crippen molar-refractivity contribution in [1.29, 1.82) is 0 Å². The smallest absolute Gasteiger partial charge is 0.244 e. The van der Waals surface area contributed by atoms with Gasteiger partial charge in [0, 0.05) is 30.8 Å². The first-order valence-corrected chi connectivity index (χ1v) is 7.68. The van der Waals surface area contributed by atoms with Gasteiger partial charge in [0.2, 0.25) is 5.91 Å². The van der Waals surface area contributed by atoms with E-state index in [0.717, 1.165) is 30.1 Å². The van der Waals surface area contributed by atoms with Crippen LogP contribution in [0.1, 0.15) is 18.5 Å². The van der Waals surface area contributed by atoms with Crippen LogP contribution in [0.5, 0.6) is 0 Å². The van der Waals surface area contributed by atoms with Gasteiger partial charge in [-0.25, -0.2) is 4.98 Å². The minimum Gasteiger partial charge on any atom is -0.376 e. The number of rotatable bonds is 4. The molecular weight excluding hydrogens is 298 g/mol. The van der Waals surface area contributed by atoms with E-state index in [2.05, 4.69) is 10.3 Å². The number of nitrogens with one attached hydrogen (secondary N) is 1. The maximum Gasteiger partial charge on any atom is 0.244 e. The number of fused-ring (bicyclic) bond motifs is 1. The summed E-state index contributed by atoms with van der Waals surface area (Å²) in [5.41, 5.74) is 0.718. The zero-order valence-corrected chi connectivity index (χ0v) is 12.3. The molecule has 1 aliphatic rings. The first kappa shape index (κ1) is 13.6. The molecule has 106 valence electrons. The molecule has 20 heavy (non-hydrogen) atoms. The maximum absolute atomic E-state index is 11.8. The number of carbonyl (C=O) groups is 1. The number of amides is 1. The lowest BCUT2D eigenvalue weighted by molar-refractivity contribution is -0.116. The topological polar surface area (TPSA) is 55.6 Å². The van der Waals surface area contributed by atoms with Crippen molar-refractivity contribution in [2.24, 2.45) is 0 Å². The van der Waals surface area contributed by atoms with Crippen molar-refractivity contribution in [2.45, 2.75) is 18.9 Å². The van der Waals surface area contributed by atoms with Gasteiger partial charge in [-0.3, -0.25) is 9.20 Å². The minimum atomic E-state index is -0.151. The lowest BCUT2D eigenvalue weighted by Gasteiger charge is -2.08. The normalized spacial score (nSPS) is 19.1. The van der Waals surface area contributed by atoms with Crippen LogP contribution in [0, 0.1) is 0 Å². The standard InChI is InChI=1S/C13H14ClN3O2S/c14-12-10(17-5-7-20-13(17)16-12)3-4-11(18)15-8-9-2-1-6-19-9/h3-5,7,9H,1-2,6,8H2,(H,15,18). The first-order valence-electron chi connectivity index (χ1n) is 6.42. The Morgan fingerprint density at radius 3 is 3.40 bits per heavy atom. The Kier molecular flexibility index (Phi) is 4.05. The molecule has 0 aromatic carbocycles. The quantitative estimate of drug-likeness (QED) is 0.882. The molecule has 0 spiro atoms. The fraction of sp³-hybridized carbons (Fsp3) is 0.385. The average molecular weight is 312 g/mol. The molecule has 1 unspecified atom stereocenters. The summed E-state index contributed by atoms with van der Waals surface area (Å²) in [5, 5.41) is 5.15. The fourth-order valence-electron chi connectivity index (χ4n) is 2.16. The predicted octanol–water partition coefficient (Wildman–Crippen LogP) is 2.36. The van der Waals surface area contributed by atoms with E-state index in [9.17, 15) is 4.79 Å². The Bertz CT molecular complexity index is 643. The van der Waals surface area contributed by atoms with Crippen LogP contribution in [-0.2, 0) is 9.53 Å². The number of ether oxygens (including phenoxy) is 1. The number of hydrogen-bond donors (Lipinski definition) is 1. The third-order valence-corrected chi connectivity index (χ3v) is 4.21. The molecule has 2 aromatic heterocycles. The summed E-state index contributed by atoms with van der Waals surface area (Å²) < 4.78 is 7.31. The monoisotopic (exact) mass is 311 g/mol. The summed E-state index contributed by atoms with van der Waals surface area (Å²) in [6, 6.07) is 0. The Morgan fingerprint density at radius 2 is 2.60 bits per heavy atom. The van der Waals surface area contributed by atoms with Gasteiger partial charge >= 0.3 is 0 Å².